The molecular weight excluding hydrogens is 376 g/mol. The first-order valence-corrected chi connectivity index (χ1v) is 10.00. The Kier molecular flexibility index (Phi) is 5.71. The van der Waals surface area contributed by atoms with Crippen LogP contribution in [-0.2, 0) is 21.6 Å². The first-order valence-electron chi connectivity index (χ1n) is 8.72. The smallest absolute Gasteiger partial charge is 0.212 e. The predicted octanol–water partition coefficient (Wildman–Crippen LogP) is 3.80. The summed E-state index contributed by atoms with van der Waals surface area (Å²) in [4.78, 5) is 10.9. The standard InChI is InChI=1S/C20H22N4O3S/c1-20(2,3)22-18-16-9-8-15(10-17(16)23-24-19(18)21-12-25)14-6-4-13(5-7-14)11-28(26)27/h4-10,12H,11H2,1-3H3,(H,22,23)(H,26,27)(H,21,24,25). The molecular formula is C20H22N4O3S. The average Bonchev–Trinajstić information content (AvgIpc) is 2.62. The predicted molar refractivity (Wildman–Crippen MR) is 113 cm³/mol. The summed E-state index contributed by atoms with van der Waals surface area (Å²) in [5, 5.41) is 15.2. The van der Waals surface area contributed by atoms with Crippen molar-refractivity contribution < 1.29 is 13.6 Å². The molecule has 0 spiro atoms. The molecule has 1 unspecified atom stereocenters. The van der Waals surface area contributed by atoms with Crippen molar-refractivity contribution in [2.75, 3.05) is 10.6 Å². The van der Waals surface area contributed by atoms with Gasteiger partial charge in [0.1, 0.15) is 0 Å². The fourth-order valence-electron chi connectivity index (χ4n) is 2.88. The number of amides is 1. The number of fused-ring (bicyclic) bond motifs is 1. The Bertz CT molecular complexity index is 1030. The molecule has 0 aliphatic carbocycles. The molecule has 28 heavy (non-hydrogen) atoms. The van der Waals surface area contributed by atoms with Gasteiger partial charge < -0.3 is 15.2 Å². The number of anilines is 2. The second-order valence-corrected chi connectivity index (χ2v) is 8.39. The van der Waals surface area contributed by atoms with Crippen LogP contribution in [0.3, 0.4) is 0 Å². The molecule has 0 fully saturated rings. The molecule has 1 aromatic heterocycles. The fraction of sp³-hybridized carbons (Fsp3) is 0.250. The van der Waals surface area contributed by atoms with Crippen LogP contribution in [0.25, 0.3) is 22.0 Å². The molecule has 1 amide bonds. The first kappa shape index (κ1) is 19.9. The number of carbonyl (C=O) groups excluding carboxylic acids is 1. The van der Waals surface area contributed by atoms with Gasteiger partial charge in [0.05, 0.1) is 17.0 Å². The van der Waals surface area contributed by atoms with Crippen LogP contribution in [-0.4, -0.2) is 30.9 Å². The topological polar surface area (TPSA) is 104 Å². The molecule has 3 N–H and O–H groups in total. The number of hydrogen-bond acceptors (Lipinski definition) is 5. The Morgan fingerprint density at radius 1 is 1.07 bits per heavy atom. The molecule has 3 rings (SSSR count). The van der Waals surface area contributed by atoms with Gasteiger partial charge in [-0.25, -0.2) is 4.21 Å². The SMILES string of the molecule is CC(C)(C)Nc1c(NC=O)nnc2cc(-c3ccc(CS(=O)O)cc3)ccc12. The number of carbonyl (C=O) groups is 1. The van der Waals surface area contributed by atoms with Gasteiger partial charge in [-0.15, -0.1) is 10.2 Å². The Balaban J connectivity index is 2.03. The van der Waals surface area contributed by atoms with Gasteiger partial charge in [0.15, 0.2) is 16.9 Å². The highest BCUT2D eigenvalue weighted by atomic mass is 32.2. The Morgan fingerprint density at radius 3 is 2.36 bits per heavy atom. The number of benzene rings is 2. The van der Waals surface area contributed by atoms with Gasteiger partial charge in [-0.2, -0.15) is 0 Å². The van der Waals surface area contributed by atoms with Gasteiger partial charge in [0.2, 0.25) is 6.41 Å². The highest BCUT2D eigenvalue weighted by molar-refractivity contribution is 7.78. The van der Waals surface area contributed by atoms with E-state index in [-0.39, 0.29) is 11.3 Å². The molecule has 146 valence electrons. The largest absolute Gasteiger partial charge is 0.377 e. The molecule has 0 saturated heterocycles. The minimum atomic E-state index is -1.86. The van der Waals surface area contributed by atoms with E-state index in [1.807, 2.05) is 63.2 Å². The van der Waals surface area contributed by atoms with Gasteiger partial charge >= 0.3 is 0 Å². The molecule has 8 heteroatoms. The van der Waals surface area contributed by atoms with Gasteiger partial charge in [-0.3, -0.25) is 4.79 Å². The van der Waals surface area contributed by atoms with Crippen LogP contribution >= 0.6 is 0 Å². The van der Waals surface area contributed by atoms with Crippen molar-refractivity contribution in [1.82, 2.24) is 10.2 Å². The first-order chi connectivity index (χ1) is 13.3. The Labute approximate surface area is 165 Å². The van der Waals surface area contributed by atoms with Gasteiger partial charge in [-0.05, 0) is 49.6 Å². The maximum Gasteiger partial charge on any atom is 0.212 e. The second-order valence-electron chi connectivity index (χ2n) is 7.46. The summed E-state index contributed by atoms with van der Waals surface area (Å²) in [7, 11) is 0. The summed E-state index contributed by atoms with van der Waals surface area (Å²) in [6.45, 7) is 6.08. The van der Waals surface area contributed by atoms with Crippen LogP contribution in [0.4, 0.5) is 11.5 Å². The molecule has 0 saturated carbocycles. The molecule has 0 bridgehead atoms. The van der Waals surface area contributed by atoms with E-state index in [1.165, 1.54) is 0 Å². The maximum absolute atomic E-state index is 10.9. The quantitative estimate of drug-likeness (QED) is 0.431. The molecule has 1 atom stereocenters. The zero-order valence-corrected chi connectivity index (χ0v) is 16.7. The Hall–Kier alpha value is -2.84. The average molecular weight is 398 g/mol. The van der Waals surface area contributed by atoms with Crippen molar-refractivity contribution in [2.45, 2.75) is 32.1 Å². The molecule has 2 aromatic carbocycles. The van der Waals surface area contributed by atoms with E-state index >= 15 is 0 Å². The normalized spacial score (nSPS) is 12.6. The van der Waals surface area contributed by atoms with Gasteiger partial charge in [0.25, 0.3) is 0 Å². The highest BCUT2D eigenvalue weighted by Gasteiger charge is 2.17. The number of nitrogens with one attached hydrogen (secondary N) is 2. The molecule has 3 aromatic rings. The van der Waals surface area contributed by atoms with Crippen molar-refractivity contribution in [1.29, 1.82) is 0 Å². The van der Waals surface area contributed by atoms with Gasteiger partial charge in [0, 0.05) is 10.9 Å². The van der Waals surface area contributed by atoms with Crippen LogP contribution in [0.15, 0.2) is 42.5 Å². The van der Waals surface area contributed by atoms with E-state index in [9.17, 15) is 9.00 Å². The number of nitrogens with zero attached hydrogens (tertiary/aromatic N) is 2. The van der Waals surface area contributed by atoms with Crippen molar-refractivity contribution >= 4 is 39.9 Å². The van der Waals surface area contributed by atoms with Crippen molar-refractivity contribution in [3.05, 3.63) is 48.0 Å². The lowest BCUT2D eigenvalue weighted by Crippen LogP contribution is -2.27. The summed E-state index contributed by atoms with van der Waals surface area (Å²) in [5.41, 5.74) is 3.91. The summed E-state index contributed by atoms with van der Waals surface area (Å²) >= 11 is -1.86. The lowest BCUT2D eigenvalue weighted by molar-refractivity contribution is -0.105. The monoisotopic (exact) mass is 398 g/mol. The summed E-state index contributed by atoms with van der Waals surface area (Å²) < 4.78 is 19.9. The minimum absolute atomic E-state index is 0.109. The number of rotatable bonds is 6. The molecule has 7 nitrogen and oxygen atoms in total. The van der Waals surface area contributed by atoms with Crippen molar-refractivity contribution in [3.63, 3.8) is 0 Å². The van der Waals surface area contributed by atoms with Crippen LogP contribution in [0, 0.1) is 0 Å². The molecule has 0 aliphatic heterocycles. The van der Waals surface area contributed by atoms with E-state index in [0.717, 1.165) is 27.8 Å². The third-order valence-corrected chi connectivity index (χ3v) is 4.61. The number of aromatic nitrogens is 2. The zero-order chi connectivity index (χ0) is 20.3. The van der Waals surface area contributed by atoms with E-state index in [0.29, 0.717) is 17.7 Å². The van der Waals surface area contributed by atoms with Crippen LogP contribution in [0.2, 0.25) is 0 Å². The van der Waals surface area contributed by atoms with Gasteiger partial charge in [-0.1, -0.05) is 30.3 Å². The van der Waals surface area contributed by atoms with E-state index in [1.54, 1.807) is 0 Å². The van der Waals surface area contributed by atoms with Crippen LogP contribution in [0.5, 0.6) is 0 Å². The third-order valence-electron chi connectivity index (χ3n) is 4.03. The summed E-state index contributed by atoms with van der Waals surface area (Å²) in [6, 6.07) is 13.3. The minimum Gasteiger partial charge on any atom is -0.377 e. The summed E-state index contributed by atoms with van der Waals surface area (Å²) in [5.74, 6) is 0.490. The third kappa shape index (κ3) is 4.71. The molecule has 1 heterocycles. The van der Waals surface area contributed by atoms with Crippen LogP contribution in [0.1, 0.15) is 26.3 Å². The van der Waals surface area contributed by atoms with E-state index in [4.69, 9.17) is 4.55 Å². The second kappa shape index (κ2) is 8.04. The Morgan fingerprint density at radius 2 is 1.75 bits per heavy atom. The van der Waals surface area contributed by atoms with E-state index < -0.39 is 11.1 Å². The lowest BCUT2D eigenvalue weighted by Gasteiger charge is -2.24. The highest BCUT2D eigenvalue weighted by Crippen LogP contribution is 2.33. The zero-order valence-electron chi connectivity index (χ0n) is 15.9. The maximum atomic E-state index is 10.9. The summed E-state index contributed by atoms with van der Waals surface area (Å²) in [6.07, 6.45) is 0.582. The molecule has 0 aliphatic rings. The fourth-order valence-corrected chi connectivity index (χ4v) is 3.36. The van der Waals surface area contributed by atoms with Crippen molar-refractivity contribution in [3.8, 4) is 11.1 Å². The number of hydrogen-bond donors (Lipinski definition) is 3. The van der Waals surface area contributed by atoms with E-state index in [2.05, 4.69) is 20.8 Å². The van der Waals surface area contributed by atoms with Crippen molar-refractivity contribution in [2.24, 2.45) is 0 Å². The van der Waals surface area contributed by atoms with Crippen LogP contribution < -0.4 is 10.6 Å². The lowest BCUT2D eigenvalue weighted by atomic mass is 10.0. The molecule has 0 radical (unpaired) electrons.